The molecule has 0 saturated carbocycles. The molecule has 5 aromatic rings. The number of rotatable bonds is 4. The van der Waals surface area contributed by atoms with Gasteiger partial charge in [-0.25, -0.2) is 14.8 Å². The van der Waals surface area contributed by atoms with Crippen molar-refractivity contribution in [2.45, 2.75) is 6.92 Å². The number of aryl methyl sites for hydroxylation is 1. The zero-order chi connectivity index (χ0) is 23.7. The molecule has 2 heterocycles. The summed E-state index contributed by atoms with van der Waals surface area (Å²) in [5, 5.41) is 8.70. The van der Waals surface area contributed by atoms with Crippen molar-refractivity contribution in [3.05, 3.63) is 90.4 Å². The van der Waals surface area contributed by atoms with Crippen molar-refractivity contribution < 1.29 is 9.59 Å². The van der Waals surface area contributed by atoms with Crippen LogP contribution in [0.4, 0.5) is 22.0 Å². The van der Waals surface area contributed by atoms with Crippen LogP contribution >= 0.6 is 0 Å². The van der Waals surface area contributed by atoms with E-state index in [9.17, 15) is 9.59 Å². The Morgan fingerprint density at radius 1 is 0.912 bits per heavy atom. The number of H-pyrrole nitrogens is 1. The van der Waals surface area contributed by atoms with Gasteiger partial charge in [0.05, 0.1) is 5.39 Å². The third-order valence-electron chi connectivity index (χ3n) is 5.70. The van der Waals surface area contributed by atoms with Crippen LogP contribution in [-0.2, 0) is 0 Å². The number of benzene rings is 3. The number of carbonyl (C=O) groups excluding carboxylic acids is 2. The highest BCUT2D eigenvalue weighted by Crippen LogP contribution is 2.24. The minimum atomic E-state index is -0.378. The first-order valence-corrected chi connectivity index (χ1v) is 10.7. The summed E-state index contributed by atoms with van der Waals surface area (Å²) in [4.78, 5) is 38.7. The van der Waals surface area contributed by atoms with Crippen LogP contribution in [0.2, 0.25) is 0 Å². The third-order valence-corrected chi connectivity index (χ3v) is 5.70. The molecule has 8 heteroatoms. The van der Waals surface area contributed by atoms with Crippen molar-refractivity contribution in [1.29, 1.82) is 0 Å². The van der Waals surface area contributed by atoms with Crippen LogP contribution in [0.5, 0.6) is 0 Å². The van der Waals surface area contributed by atoms with Crippen LogP contribution in [0.15, 0.2) is 79.3 Å². The van der Waals surface area contributed by atoms with E-state index in [1.165, 1.54) is 11.2 Å². The Bertz CT molecular complexity index is 1540. The van der Waals surface area contributed by atoms with Crippen LogP contribution in [0, 0.1) is 6.92 Å². The topological polar surface area (TPSA) is 103 Å². The molecule has 0 fully saturated rings. The fraction of sp³-hybridized carbons (Fsp3) is 0.0769. The number of fused-ring (bicyclic) bond motifs is 2. The van der Waals surface area contributed by atoms with Crippen LogP contribution in [0.3, 0.4) is 0 Å². The number of hydrogen-bond acceptors (Lipinski definition) is 4. The second-order valence-electron chi connectivity index (χ2n) is 7.97. The molecule has 0 saturated heterocycles. The number of carbonyl (C=O) groups is 2. The third kappa shape index (κ3) is 4.04. The van der Waals surface area contributed by atoms with Crippen LogP contribution < -0.4 is 15.5 Å². The number of hydrogen-bond donors (Lipinski definition) is 3. The first-order valence-electron chi connectivity index (χ1n) is 10.7. The van der Waals surface area contributed by atoms with Crippen LogP contribution in [-0.4, -0.2) is 33.9 Å². The van der Waals surface area contributed by atoms with Gasteiger partial charge < -0.3 is 15.6 Å². The summed E-state index contributed by atoms with van der Waals surface area (Å²) >= 11 is 0. The highest BCUT2D eigenvalue weighted by Gasteiger charge is 2.18. The summed E-state index contributed by atoms with van der Waals surface area (Å²) in [5.74, 6) is 0.218. The molecular weight excluding hydrogens is 428 g/mol. The fourth-order valence-electron chi connectivity index (χ4n) is 3.79. The van der Waals surface area contributed by atoms with Gasteiger partial charge in [0.1, 0.15) is 17.8 Å². The van der Waals surface area contributed by atoms with Crippen molar-refractivity contribution in [1.82, 2.24) is 15.0 Å². The van der Waals surface area contributed by atoms with Crippen molar-refractivity contribution in [3.63, 3.8) is 0 Å². The minimum absolute atomic E-state index is 0.260. The molecule has 2 aromatic heterocycles. The summed E-state index contributed by atoms with van der Waals surface area (Å²) < 4.78 is 0. The van der Waals surface area contributed by atoms with E-state index in [0.29, 0.717) is 28.4 Å². The standard InChI is InChI=1S/C26H22N6O2/c1-16-7-8-19(25(33)30-20-10-9-17-5-3-4-6-18(17)13-20)14-22(16)31-26(34)32(2)24-21-11-12-27-23(21)28-15-29-24/h3-15H,1-2H3,(H,30,33)(H,31,34)(H,27,28,29). The zero-order valence-corrected chi connectivity index (χ0v) is 18.7. The van der Waals surface area contributed by atoms with Gasteiger partial charge in [-0.15, -0.1) is 0 Å². The van der Waals surface area contributed by atoms with Gasteiger partial charge in [0.2, 0.25) is 0 Å². The predicted octanol–water partition coefficient (Wildman–Crippen LogP) is 5.34. The summed E-state index contributed by atoms with van der Waals surface area (Å²) in [7, 11) is 1.63. The lowest BCUT2D eigenvalue weighted by atomic mass is 10.1. The normalized spacial score (nSPS) is 10.9. The van der Waals surface area contributed by atoms with E-state index >= 15 is 0 Å². The summed E-state index contributed by atoms with van der Waals surface area (Å²) in [6.45, 7) is 1.87. The number of nitrogens with zero attached hydrogens (tertiary/aromatic N) is 3. The van der Waals surface area contributed by atoms with Gasteiger partial charge in [0, 0.05) is 30.2 Å². The van der Waals surface area contributed by atoms with Gasteiger partial charge in [-0.05, 0) is 53.6 Å². The summed E-state index contributed by atoms with van der Waals surface area (Å²) in [6, 6.07) is 20.4. The molecule has 0 atom stereocenters. The maximum atomic E-state index is 13.0. The Morgan fingerprint density at radius 2 is 1.74 bits per heavy atom. The molecule has 0 bridgehead atoms. The lowest BCUT2D eigenvalue weighted by Gasteiger charge is -2.19. The first kappa shape index (κ1) is 21.1. The lowest BCUT2D eigenvalue weighted by Crippen LogP contribution is -2.32. The molecule has 0 aliphatic carbocycles. The highest BCUT2D eigenvalue weighted by atomic mass is 16.2. The fourth-order valence-corrected chi connectivity index (χ4v) is 3.79. The van der Waals surface area contributed by atoms with Crippen LogP contribution in [0.1, 0.15) is 15.9 Å². The smallest absolute Gasteiger partial charge is 0.327 e. The molecule has 0 aliphatic rings. The number of urea groups is 1. The Kier molecular flexibility index (Phi) is 5.39. The molecule has 34 heavy (non-hydrogen) atoms. The molecule has 3 N–H and O–H groups in total. The molecule has 3 amide bonds. The SMILES string of the molecule is Cc1ccc(C(=O)Nc2ccc3ccccc3c2)cc1NC(=O)N(C)c1ncnc2[nH]ccc12. The van der Waals surface area contributed by atoms with Gasteiger partial charge in [-0.2, -0.15) is 0 Å². The second kappa shape index (κ2) is 8.67. The largest absolute Gasteiger partial charge is 0.346 e. The Hall–Kier alpha value is -4.72. The summed E-state index contributed by atoms with van der Waals surface area (Å²) in [6.07, 6.45) is 3.15. The van der Waals surface area contributed by atoms with E-state index in [0.717, 1.165) is 21.7 Å². The van der Waals surface area contributed by atoms with Crippen molar-refractivity contribution >= 4 is 50.9 Å². The van der Waals surface area contributed by atoms with Crippen molar-refractivity contribution in [3.8, 4) is 0 Å². The Morgan fingerprint density at radius 3 is 2.59 bits per heavy atom. The molecule has 168 valence electrons. The monoisotopic (exact) mass is 450 g/mol. The molecule has 0 spiro atoms. The maximum absolute atomic E-state index is 13.0. The van der Waals surface area contributed by atoms with E-state index in [-0.39, 0.29) is 11.9 Å². The number of nitrogens with one attached hydrogen (secondary N) is 3. The number of anilines is 3. The molecule has 8 nitrogen and oxygen atoms in total. The average Bonchev–Trinajstić information content (AvgIpc) is 3.34. The van der Waals surface area contributed by atoms with E-state index in [1.54, 1.807) is 31.4 Å². The van der Waals surface area contributed by atoms with Crippen LogP contribution in [0.25, 0.3) is 21.8 Å². The van der Waals surface area contributed by atoms with E-state index in [1.807, 2.05) is 55.5 Å². The molecule has 0 radical (unpaired) electrons. The zero-order valence-electron chi connectivity index (χ0n) is 18.7. The molecule has 3 aromatic carbocycles. The van der Waals surface area contributed by atoms with Crippen molar-refractivity contribution in [2.75, 3.05) is 22.6 Å². The van der Waals surface area contributed by atoms with Gasteiger partial charge in [-0.3, -0.25) is 9.69 Å². The van der Waals surface area contributed by atoms with E-state index in [2.05, 4.69) is 25.6 Å². The lowest BCUT2D eigenvalue weighted by molar-refractivity contribution is 0.102. The molecule has 5 rings (SSSR count). The van der Waals surface area contributed by atoms with Gasteiger partial charge >= 0.3 is 6.03 Å². The summed E-state index contributed by atoms with van der Waals surface area (Å²) in [5.41, 5.74) is 3.16. The second-order valence-corrected chi connectivity index (χ2v) is 7.97. The number of aromatic nitrogens is 3. The Labute approximate surface area is 195 Å². The Balaban J connectivity index is 1.35. The number of aromatic amines is 1. The highest BCUT2D eigenvalue weighted by molar-refractivity contribution is 6.08. The van der Waals surface area contributed by atoms with E-state index < -0.39 is 0 Å². The first-order chi connectivity index (χ1) is 16.5. The molecule has 0 unspecified atom stereocenters. The van der Waals surface area contributed by atoms with Gasteiger partial charge in [0.25, 0.3) is 5.91 Å². The molecular formula is C26H22N6O2. The van der Waals surface area contributed by atoms with E-state index in [4.69, 9.17) is 0 Å². The van der Waals surface area contributed by atoms with Crippen molar-refractivity contribution in [2.24, 2.45) is 0 Å². The minimum Gasteiger partial charge on any atom is -0.346 e. The maximum Gasteiger partial charge on any atom is 0.327 e. The average molecular weight is 451 g/mol. The number of amides is 3. The quantitative estimate of drug-likeness (QED) is 0.344. The predicted molar refractivity (Wildman–Crippen MR) is 134 cm³/mol. The van der Waals surface area contributed by atoms with Gasteiger partial charge in [0.15, 0.2) is 0 Å². The van der Waals surface area contributed by atoms with Gasteiger partial charge in [-0.1, -0.05) is 36.4 Å². The molecule has 0 aliphatic heterocycles.